The number of ketones is 1. The fourth-order valence-electron chi connectivity index (χ4n) is 2.71. The van der Waals surface area contributed by atoms with E-state index >= 15 is 0 Å². The third kappa shape index (κ3) is 4.42. The summed E-state index contributed by atoms with van der Waals surface area (Å²) in [5.41, 5.74) is 3.86. The Morgan fingerprint density at radius 3 is 2.04 bits per heavy atom. The van der Waals surface area contributed by atoms with Crippen LogP contribution in [0, 0.1) is 20.8 Å². The topological polar surface area (TPSA) is 26.3 Å². The predicted octanol–water partition coefficient (Wildman–Crippen LogP) is 4.63. The van der Waals surface area contributed by atoms with Gasteiger partial charge in [0.05, 0.1) is 0 Å². The van der Waals surface area contributed by atoms with Gasteiger partial charge in [-0.05, 0) is 0 Å². The van der Waals surface area contributed by atoms with Crippen LogP contribution in [0.5, 0.6) is 5.75 Å². The van der Waals surface area contributed by atoms with Crippen molar-refractivity contribution in [2.75, 3.05) is 7.11 Å². The van der Waals surface area contributed by atoms with Gasteiger partial charge >= 0.3 is 150 Å². The van der Waals surface area contributed by atoms with Gasteiger partial charge in [-0.15, -0.1) is 0 Å². The summed E-state index contributed by atoms with van der Waals surface area (Å²) in [6.45, 7) is 5.94. The number of Topliss-reactive ketones (excluding diaryl/α,β-unsaturated/α-hetero) is 1. The van der Waals surface area contributed by atoms with E-state index in [1.165, 1.54) is 0 Å². The second kappa shape index (κ2) is 7.45. The molecular formula is C18H20Cl2O2Te. The van der Waals surface area contributed by atoms with Crippen molar-refractivity contribution in [1.29, 1.82) is 0 Å². The number of methoxy groups -OCH3 is 1. The molecule has 2 rings (SSSR count). The molecule has 2 nitrogen and oxygen atoms in total. The summed E-state index contributed by atoms with van der Waals surface area (Å²) >= 11 is -3.47. The molecule has 0 amide bonds. The van der Waals surface area contributed by atoms with Gasteiger partial charge in [0, 0.05) is 0 Å². The third-order valence-corrected chi connectivity index (χ3v) is 12.1. The Hall–Kier alpha value is -0.720. The summed E-state index contributed by atoms with van der Waals surface area (Å²) in [6.07, 6.45) is 0. The first-order valence-corrected chi connectivity index (χ1v) is 15.9. The van der Waals surface area contributed by atoms with Crippen LogP contribution >= 0.6 is 17.9 Å². The molecule has 0 saturated heterocycles. The average Bonchev–Trinajstić information content (AvgIpc) is 2.45. The number of aryl methyl sites for hydroxylation is 3. The van der Waals surface area contributed by atoms with Crippen LogP contribution in [0.3, 0.4) is 0 Å². The van der Waals surface area contributed by atoms with Crippen LogP contribution in [0.4, 0.5) is 0 Å². The van der Waals surface area contributed by atoms with Gasteiger partial charge in [-0.2, -0.15) is 0 Å². The zero-order chi connectivity index (χ0) is 17.2. The second-order valence-corrected chi connectivity index (χ2v) is 19.2. The molecule has 0 aliphatic carbocycles. The van der Waals surface area contributed by atoms with Gasteiger partial charge in [0.25, 0.3) is 0 Å². The van der Waals surface area contributed by atoms with Crippen molar-refractivity contribution in [3.05, 3.63) is 58.7 Å². The number of ether oxygens (including phenoxy) is 1. The minimum atomic E-state index is -3.47. The summed E-state index contributed by atoms with van der Waals surface area (Å²) < 4.78 is 6.22. The predicted molar refractivity (Wildman–Crippen MR) is 99.9 cm³/mol. The monoisotopic (exact) mass is 468 g/mol. The molecule has 0 aliphatic heterocycles. The van der Waals surface area contributed by atoms with Gasteiger partial charge in [-0.1, -0.05) is 0 Å². The fraction of sp³-hybridized carbons (Fsp3) is 0.278. The van der Waals surface area contributed by atoms with Gasteiger partial charge in [-0.3, -0.25) is 0 Å². The normalized spacial score (nSPS) is 12.1. The van der Waals surface area contributed by atoms with E-state index in [1.54, 1.807) is 7.11 Å². The molecule has 0 atom stereocenters. The molecule has 0 unspecified atom stereocenters. The van der Waals surface area contributed by atoms with Crippen LogP contribution in [0.25, 0.3) is 0 Å². The van der Waals surface area contributed by atoms with Gasteiger partial charge < -0.3 is 0 Å². The number of halogens is 2. The quantitative estimate of drug-likeness (QED) is 0.474. The SMILES string of the molecule is COc1ccc([Te](Cl)(Cl)CC(=O)c2c(C)cc(C)cc2C)cc1. The van der Waals surface area contributed by atoms with Crippen molar-refractivity contribution in [2.45, 2.75) is 25.2 Å². The second-order valence-electron chi connectivity index (χ2n) is 5.59. The number of hydrogen-bond donors (Lipinski definition) is 0. The Kier molecular flexibility index (Phi) is 6.03. The summed E-state index contributed by atoms with van der Waals surface area (Å²) in [5, 5.41) is 0. The van der Waals surface area contributed by atoms with Gasteiger partial charge in [0.1, 0.15) is 0 Å². The Morgan fingerprint density at radius 1 is 1.04 bits per heavy atom. The van der Waals surface area contributed by atoms with Crippen molar-refractivity contribution >= 4 is 43.3 Å². The zero-order valence-corrected chi connectivity index (χ0v) is 17.5. The van der Waals surface area contributed by atoms with Crippen molar-refractivity contribution < 1.29 is 9.53 Å². The van der Waals surface area contributed by atoms with E-state index in [9.17, 15) is 4.79 Å². The van der Waals surface area contributed by atoms with E-state index in [0.29, 0.717) is 0 Å². The first-order valence-electron chi connectivity index (χ1n) is 7.20. The standard InChI is InChI=1S/C18H20Cl2O2Te/c1-12-9-13(2)18(14(3)10-12)17(21)11-23(19,20)16-7-5-15(22-4)6-8-16/h5-10H,11H2,1-4H3. The maximum atomic E-state index is 12.8. The average molecular weight is 467 g/mol. The molecule has 0 fully saturated rings. The number of carbonyl (C=O) groups is 1. The van der Waals surface area contributed by atoms with Crippen LogP contribution in [0.2, 0.25) is 4.47 Å². The molecule has 0 heterocycles. The van der Waals surface area contributed by atoms with E-state index in [2.05, 4.69) is 0 Å². The van der Waals surface area contributed by atoms with Gasteiger partial charge in [-0.25, -0.2) is 0 Å². The van der Waals surface area contributed by atoms with Crippen LogP contribution in [-0.2, 0) is 0 Å². The summed E-state index contributed by atoms with van der Waals surface area (Å²) in [4.78, 5) is 12.8. The summed E-state index contributed by atoms with van der Waals surface area (Å²) in [5.74, 6) is 0.777. The third-order valence-electron chi connectivity index (χ3n) is 3.67. The van der Waals surface area contributed by atoms with Crippen molar-refractivity contribution in [1.82, 2.24) is 0 Å². The van der Waals surface area contributed by atoms with Crippen molar-refractivity contribution in [2.24, 2.45) is 0 Å². The number of rotatable bonds is 5. The molecule has 0 saturated carbocycles. The van der Waals surface area contributed by atoms with Gasteiger partial charge in [0.15, 0.2) is 0 Å². The van der Waals surface area contributed by atoms with Crippen LogP contribution in [0.15, 0.2) is 36.4 Å². The van der Waals surface area contributed by atoms with E-state index < -0.39 is 15.9 Å². The molecule has 2 aromatic carbocycles. The molecule has 5 heteroatoms. The molecule has 0 N–H and O–H groups in total. The molecular weight excluding hydrogens is 447 g/mol. The first kappa shape index (κ1) is 18.6. The number of hydrogen-bond acceptors (Lipinski definition) is 2. The van der Waals surface area contributed by atoms with E-state index in [4.69, 9.17) is 22.7 Å². The Balaban J connectivity index is 2.27. The Morgan fingerprint density at radius 2 is 1.57 bits per heavy atom. The van der Waals surface area contributed by atoms with E-state index in [-0.39, 0.29) is 10.3 Å². The number of carbonyl (C=O) groups excluding carboxylic acids is 1. The molecule has 2 aromatic rings. The summed E-state index contributed by atoms with van der Waals surface area (Å²) in [6, 6.07) is 11.4. The fourth-order valence-corrected chi connectivity index (χ4v) is 8.78. The van der Waals surface area contributed by atoms with Crippen molar-refractivity contribution in [3.63, 3.8) is 0 Å². The van der Waals surface area contributed by atoms with Crippen LogP contribution in [-0.4, -0.2) is 28.8 Å². The molecule has 0 bridgehead atoms. The Bertz CT molecular complexity index is 701. The zero-order valence-electron chi connectivity index (χ0n) is 13.7. The van der Waals surface area contributed by atoms with Crippen LogP contribution in [0.1, 0.15) is 27.0 Å². The molecule has 0 aromatic heterocycles. The van der Waals surface area contributed by atoms with E-state index in [0.717, 1.165) is 31.6 Å². The van der Waals surface area contributed by atoms with E-state index in [1.807, 2.05) is 57.2 Å². The molecule has 0 aliphatic rings. The van der Waals surface area contributed by atoms with Crippen LogP contribution < -0.4 is 8.35 Å². The minimum absolute atomic E-state index is 0.0296. The van der Waals surface area contributed by atoms with Crippen molar-refractivity contribution in [3.8, 4) is 5.75 Å². The Labute approximate surface area is 149 Å². The summed E-state index contributed by atoms with van der Waals surface area (Å²) in [7, 11) is 14.9. The molecule has 0 radical (unpaired) electrons. The molecule has 124 valence electrons. The molecule has 23 heavy (non-hydrogen) atoms. The number of benzene rings is 2. The molecule has 0 spiro atoms. The van der Waals surface area contributed by atoms with Gasteiger partial charge in [0.2, 0.25) is 0 Å². The maximum absolute atomic E-state index is 12.8. The first-order chi connectivity index (χ1) is 10.7.